The fourth-order valence-electron chi connectivity index (χ4n) is 2.14. The molecule has 0 radical (unpaired) electrons. The molecule has 100 valence electrons. The summed E-state index contributed by atoms with van der Waals surface area (Å²) < 4.78 is 24.6. The Morgan fingerprint density at radius 1 is 1.33 bits per heavy atom. The van der Waals surface area contributed by atoms with E-state index in [-0.39, 0.29) is 0 Å². The summed E-state index contributed by atoms with van der Waals surface area (Å²) >= 11 is 6.04. The molecule has 0 bridgehead atoms. The van der Waals surface area contributed by atoms with Crippen molar-refractivity contribution in [2.45, 2.75) is 25.8 Å². The smallest absolute Gasteiger partial charge is 0.229 e. The first kappa shape index (κ1) is 13.5. The van der Waals surface area contributed by atoms with Crippen LogP contribution in [0.15, 0.2) is 18.2 Å². The van der Waals surface area contributed by atoms with Gasteiger partial charge in [-0.25, -0.2) is 8.42 Å². The number of hydrogen-bond acceptors (Lipinski definition) is 3. The van der Waals surface area contributed by atoms with Crippen LogP contribution in [0.3, 0.4) is 0 Å². The molecule has 1 aliphatic carbocycles. The highest BCUT2D eigenvalue weighted by Crippen LogP contribution is 2.32. The Balaban J connectivity index is 2.05. The van der Waals surface area contributed by atoms with E-state index in [9.17, 15) is 8.42 Å². The zero-order chi connectivity index (χ0) is 13.3. The molecular formula is C12H17ClN2O2S. The van der Waals surface area contributed by atoms with Gasteiger partial charge in [0, 0.05) is 11.7 Å². The lowest BCUT2D eigenvalue weighted by molar-refractivity contribution is 0.309. The maximum absolute atomic E-state index is 11.1. The highest BCUT2D eigenvalue weighted by atomic mass is 35.5. The molecule has 0 heterocycles. The van der Waals surface area contributed by atoms with Crippen LogP contribution in [0.2, 0.25) is 5.02 Å². The predicted octanol–water partition coefficient (Wildman–Crippen LogP) is 2.92. The van der Waals surface area contributed by atoms with E-state index in [0.717, 1.165) is 17.9 Å². The van der Waals surface area contributed by atoms with Gasteiger partial charge in [0.2, 0.25) is 10.0 Å². The molecule has 0 aliphatic heterocycles. The topological polar surface area (TPSA) is 58.2 Å². The number of sulfonamides is 1. The Morgan fingerprint density at radius 3 is 2.50 bits per heavy atom. The van der Waals surface area contributed by atoms with Crippen LogP contribution in [0.5, 0.6) is 0 Å². The van der Waals surface area contributed by atoms with Crippen molar-refractivity contribution in [3.8, 4) is 0 Å². The summed E-state index contributed by atoms with van der Waals surface area (Å²) in [5.74, 6) is 0.782. The summed E-state index contributed by atoms with van der Waals surface area (Å²) in [6.45, 7) is 2.23. The van der Waals surface area contributed by atoms with Crippen LogP contribution in [-0.2, 0) is 10.0 Å². The van der Waals surface area contributed by atoms with E-state index in [1.165, 1.54) is 12.8 Å². The van der Waals surface area contributed by atoms with Gasteiger partial charge < -0.3 is 5.32 Å². The maximum atomic E-state index is 11.1. The third-order valence-corrected chi connectivity index (χ3v) is 3.91. The van der Waals surface area contributed by atoms with Gasteiger partial charge in [-0.3, -0.25) is 4.72 Å². The third kappa shape index (κ3) is 3.53. The van der Waals surface area contributed by atoms with Crippen molar-refractivity contribution in [2.75, 3.05) is 16.3 Å². The van der Waals surface area contributed by atoms with E-state index >= 15 is 0 Å². The monoisotopic (exact) mass is 288 g/mol. The molecular weight excluding hydrogens is 272 g/mol. The van der Waals surface area contributed by atoms with Crippen molar-refractivity contribution >= 4 is 33.0 Å². The van der Waals surface area contributed by atoms with Gasteiger partial charge in [-0.1, -0.05) is 18.5 Å². The van der Waals surface area contributed by atoms with Crippen molar-refractivity contribution in [3.05, 3.63) is 23.2 Å². The normalized spacial score (nSPS) is 23.3. The molecule has 2 rings (SSSR count). The van der Waals surface area contributed by atoms with Gasteiger partial charge >= 0.3 is 0 Å². The molecule has 0 amide bonds. The largest absolute Gasteiger partial charge is 0.382 e. The number of nitrogens with one attached hydrogen (secondary N) is 2. The van der Waals surface area contributed by atoms with E-state index in [1.807, 2.05) is 6.07 Å². The summed E-state index contributed by atoms with van der Waals surface area (Å²) in [7, 11) is -3.29. The second kappa shape index (κ2) is 4.97. The summed E-state index contributed by atoms with van der Waals surface area (Å²) in [4.78, 5) is 0. The zero-order valence-corrected chi connectivity index (χ0v) is 12.0. The lowest BCUT2D eigenvalue weighted by Crippen LogP contribution is -2.33. The Bertz CT molecular complexity index is 539. The second-order valence-corrected chi connectivity index (χ2v) is 7.14. The number of rotatable bonds is 4. The summed E-state index contributed by atoms with van der Waals surface area (Å²) in [5, 5.41) is 3.78. The van der Waals surface area contributed by atoms with Crippen LogP contribution >= 0.6 is 11.6 Å². The van der Waals surface area contributed by atoms with Crippen molar-refractivity contribution in [2.24, 2.45) is 5.92 Å². The fraction of sp³-hybridized carbons (Fsp3) is 0.500. The van der Waals surface area contributed by atoms with Crippen molar-refractivity contribution in [1.29, 1.82) is 0 Å². The summed E-state index contributed by atoms with van der Waals surface area (Å²) in [6, 6.07) is 5.76. The van der Waals surface area contributed by atoms with E-state index < -0.39 is 10.0 Å². The lowest BCUT2D eigenvalue weighted by atomic mass is 9.82. The summed E-state index contributed by atoms with van der Waals surface area (Å²) in [5.41, 5.74) is 1.34. The number of anilines is 2. The molecule has 18 heavy (non-hydrogen) atoms. The molecule has 1 aliphatic rings. The van der Waals surface area contributed by atoms with E-state index in [0.29, 0.717) is 16.8 Å². The minimum absolute atomic E-state index is 0.401. The highest BCUT2D eigenvalue weighted by Gasteiger charge is 2.24. The fourth-order valence-corrected chi connectivity index (χ4v) is 3.00. The zero-order valence-electron chi connectivity index (χ0n) is 10.4. The molecule has 0 spiro atoms. The minimum Gasteiger partial charge on any atom is -0.382 e. The Morgan fingerprint density at radius 2 is 2.00 bits per heavy atom. The van der Waals surface area contributed by atoms with Gasteiger partial charge in [0.15, 0.2) is 0 Å². The first-order chi connectivity index (χ1) is 8.33. The Kier molecular flexibility index (Phi) is 3.73. The van der Waals surface area contributed by atoms with Gasteiger partial charge in [0.1, 0.15) is 0 Å². The van der Waals surface area contributed by atoms with Crippen molar-refractivity contribution < 1.29 is 8.42 Å². The predicted molar refractivity (Wildman–Crippen MR) is 75.7 cm³/mol. The maximum Gasteiger partial charge on any atom is 0.229 e. The van der Waals surface area contributed by atoms with Gasteiger partial charge in [-0.2, -0.15) is 0 Å². The quantitative estimate of drug-likeness (QED) is 0.895. The number of hydrogen-bond donors (Lipinski definition) is 2. The minimum atomic E-state index is -3.29. The van der Waals surface area contributed by atoms with E-state index in [1.54, 1.807) is 12.1 Å². The summed E-state index contributed by atoms with van der Waals surface area (Å²) in [6.07, 6.45) is 3.44. The van der Waals surface area contributed by atoms with Crippen LogP contribution in [0, 0.1) is 5.92 Å². The number of benzene rings is 1. The van der Waals surface area contributed by atoms with Gasteiger partial charge in [0.25, 0.3) is 0 Å². The van der Waals surface area contributed by atoms with Gasteiger partial charge in [-0.05, 0) is 37.0 Å². The van der Waals surface area contributed by atoms with Crippen molar-refractivity contribution in [1.82, 2.24) is 0 Å². The first-order valence-electron chi connectivity index (χ1n) is 5.87. The third-order valence-electron chi connectivity index (χ3n) is 3.01. The molecule has 0 unspecified atom stereocenters. The second-order valence-electron chi connectivity index (χ2n) is 4.99. The van der Waals surface area contributed by atoms with Gasteiger partial charge in [0.05, 0.1) is 17.0 Å². The Labute approximate surface area is 113 Å². The molecule has 1 saturated carbocycles. The van der Waals surface area contributed by atoms with Crippen LogP contribution in [0.1, 0.15) is 19.8 Å². The molecule has 2 N–H and O–H groups in total. The van der Waals surface area contributed by atoms with Crippen LogP contribution in [-0.4, -0.2) is 20.7 Å². The standard InChI is InChI=1S/C12H17ClN2O2S/c1-8-5-10(6-8)14-9-3-4-12(11(13)7-9)15-18(2,16)17/h3-4,7-8,10,14-15H,5-6H2,1-2H3. The van der Waals surface area contributed by atoms with E-state index in [4.69, 9.17) is 11.6 Å². The number of halogens is 1. The SMILES string of the molecule is CC1CC(Nc2ccc(NS(C)(=O)=O)c(Cl)c2)C1. The molecule has 0 atom stereocenters. The Hall–Kier alpha value is -0.940. The average molecular weight is 289 g/mol. The molecule has 1 fully saturated rings. The van der Waals surface area contributed by atoms with Gasteiger partial charge in [-0.15, -0.1) is 0 Å². The van der Waals surface area contributed by atoms with E-state index in [2.05, 4.69) is 17.0 Å². The highest BCUT2D eigenvalue weighted by molar-refractivity contribution is 7.92. The van der Waals surface area contributed by atoms with Crippen LogP contribution in [0.25, 0.3) is 0 Å². The molecule has 1 aromatic carbocycles. The molecule has 0 aromatic heterocycles. The van der Waals surface area contributed by atoms with Crippen LogP contribution in [0.4, 0.5) is 11.4 Å². The molecule has 4 nitrogen and oxygen atoms in total. The van der Waals surface area contributed by atoms with Crippen LogP contribution < -0.4 is 10.0 Å². The molecule has 6 heteroatoms. The average Bonchev–Trinajstić information content (AvgIpc) is 2.18. The molecule has 1 aromatic rings. The first-order valence-corrected chi connectivity index (χ1v) is 8.14. The van der Waals surface area contributed by atoms with Crippen molar-refractivity contribution in [3.63, 3.8) is 0 Å². The molecule has 0 saturated heterocycles. The lowest BCUT2D eigenvalue weighted by Gasteiger charge is -2.34.